The monoisotopic (exact) mass is 290 g/mol. The quantitative estimate of drug-likeness (QED) is 0.722. The van der Waals surface area contributed by atoms with Crippen molar-refractivity contribution in [3.05, 3.63) is 71.9 Å². The van der Waals surface area contributed by atoms with E-state index in [2.05, 4.69) is 71.1 Å². The molecule has 1 fully saturated rings. The fourth-order valence-corrected chi connectivity index (χ4v) is 3.53. The predicted octanol–water partition coefficient (Wildman–Crippen LogP) is 4.25. The van der Waals surface area contributed by atoms with E-state index in [1.165, 1.54) is 34.9 Å². The van der Waals surface area contributed by atoms with Crippen molar-refractivity contribution in [2.75, 3.05) is 6.54 Å². The third-order valence-electron chi connectivity index (χ3n) is 4.91. The molecule has 1 saturated carbocycles. The number of fused-ring (bicyclic) bond motifs is 1. The molecule has 2 nitrogen and oxygen atoms in total. The Labute approximate surface area is 131 Å². The highest BCUT2D eigenvalue weighted by Gasteiger charge is 2.29. The maximum absolute atomic E-state index is 3.71. The molecular formula is C20H22N2. The van der Waals surface area contributed by atoms with Gasteiger partial charge in [0, 0.05) is 23.1 Å². The molecule has 0 amide bonds. The molecule has 2 heteroatoms. The summed E-state index contributed by atoms with van der Waals surface area (Å²) in [6, 6.07) is 20.1. The second-order valence-electron chi connectivity index (χ2n) is 6.34. The molecule has 0 unspecified atom stereocenters. The van der Waals surface area contributed by atoms with Crippen LogP contribution in [-0.4, -0.2) is 17.6 Å². The minimum Gasteiger partial charge on any atom is -0.361 e. The van der Waals surface area contributed by atoms with Gasteiger partial charge in [0.25, 0.3) is 0 Å². The first-order valence-electron chi connectivity index (χ1n) is 8.23. The summed E-state index contributed by atoms with van der Waals surface area (Å²) < 4.78 is 0. The molecule has 2 N–H and O–H groups in total. The number of hydrogen-bond acceptors (Lipinski definition) is 1. The molecule has 0 spiro atoms. The maximum atomic E-state index is 3.71. The van der Waals surface area contributed by atoms with Gasteiger partial charge in [0.15, 0.2) is 0 Å². The number of H-pyrrole nitrogens is 1. The Bertz CT molecular complexity index is 739. The van der Waals surface area contributed by atoms with E-state index in [1.54, 1.807) is 0 Å². The lowest BCUT2D eigenvalue weighted by Gasteiger charge is -2.36. The average Bonchev–Trinajstić information content (AvgIpc) is 2.94. The topological polar surface area (TPSA) is 27.8 Å². The van der Waals surface area contributed by atoms with Crippen molar-refractivity contribution in [3.8, 4) is 0 Å². The Balaban J connectivity index is 1.27. The Hall–Kier alpha value is -2.06. The molecule has 4 rings (SSSR count). The summed E-state index contributed by atoms with van der Waals surface area (Å²) in [6.07, 6.45) is 5.80. The van der Waals surface area contributed by atoms with Gasteiger partial charge in [0.1, 0.15) is 0 Å². The molecule has 1 aromatic heterocycles. The van der Waals surface area contributed by atoms with Crippen LogP contribution in [0.4, 0.5) is 0 Å². The lowest BCUT2D eigenvalue weighted by atomic mass is 9.76. The van der Waals surface area contributed by atoms with Gasteiger partial charge in [-0.2, -0.15) is 0 Å². The van der Waals surface area contributed by atoms with Crippen LogP contribution in [0.2, 0.25) is 0 Å². The minimum absolute atomic E-state index is 0.690. The number of aromatic nitrogens is 1. The van der Waals surface area contributed by atoms with Crippen LogP contribution in [0.15, 0.2) is 60.8 Å². The van der Waals surface area contributed by atoms with Gasteiger partial charge in [-0.3, -0.25) is 0 Å². The van der Waals surface area contributed by atoms with Gasteiger partial charge in [-0.25, -0.2) is 0 Å². The molecule has 0 radical (unpaired) electrons. The summed E-state index contributed by atoms with van der Waals surface area (Å²) in [5.74, 6) is 0.756. The van der Waals surface area contributed by atoms with Gasteiger partial charge < -0.3 is 10.3 Å². The molecular weight excluding hydrogens is 268 g/mol. The minimum atomic E-state index is 0.690. The highest BCUT2D eigenvalue weighted by Crippen LogP contribution is 2.36. The molecule has 112 valence electrons. The lowest BCUT2D eigenvalue weighted by Crippen LogP contribution is -2.40. The van der Waals surface area contributed by atoms with E-state index in [1.807, 2.05) is 0 Å². The van der Waals surface area contributed by atoms with Crippen molar-refractivity contribution in [2.45, 2.75) is 31.2 Å². The third kappa shape index (κ3) is 2.67. The molecule has 0 atom stereocenters. The molecule has 0 aliphatic heterocycles. The van der Waals surface area contributed by atoms with Crippen LogP contribution in [0, 0.1) is 0 Å². The summed E-state index contributed by atoms with van der Waals surface area (Å²) in [7, 11) is 0. The Morgan fingerprint density at radius 2 is 1.73 bits per heavy atom. The van der Waals surface area contributed by atoms with E-state index in [-0.39, 0.29) is 0 Å². The second kappa shape index (κ2) is 5.98. The summed E-state index contributed by atoms with van der Waals surface area (Å²) in [6.45, 7) is 1.06. The average molecular weight is 290 g/mol. The molecule has 0 saturated heterocycles. The number of aromatic amines is 1. The van der Waals surface area contributed by atoms with Crippen molar-refractivity contribution >= 4 is 10.9 Å². The predicted molar refractivity (Wildman–Crippen MR) is 92.2 cm³/mol. The molecule has 1 aliphatic rings. The molecule has 1 heterocycles. The van der Waals surface area contributed by atoms with Gasteiger partial charge in [0.05, 0.1) is 0 Å². The molecule has 0 bridgehead atoms. The third-order valence-corrected chi connectivity index (χ3v) is 4.91. The number of nitrogens with one attached hydrogen (secondary N) is 2. The molecule has 1 aliphatic carbocycles. The smallest absolute Gasteiger partial charge is 0.0456 e. The first-order chi connectivity index (χ1) is 10.9. The van der Waals surface area contributed by atoms with Crippen LogP contribution in [0.1, 0.15) is 29.9 Å². The van der Waals surface area contributed by atoms with E-state index in [0.717, 1.165) is 18.9 Å². The zero-order valence-corrected chi connectivity index (χ0v) is 12.8. The van der Waals surface area contributed by atoms with E-state index in [0.29, 0.717) is 6.04 Å². The fourth-order valence-electron chi connectivity index (χ4n) is 3.53. The highest BCUT2D eigenvalue weighted by atomic mass is 14.9. The zero-order valence-electron chi connectivity index (χ0n) is 12.8. The van der Waals surface area contributed by atoms with Gasteiger partial charge >= 0.3 is 0 Å². The SMILES string of the molecule is c1ccc(C2CC(NCCc3c[nH]c4ccccc34)C2)cc1. The van der Waals surface area contributed by atoms with Crippen LogP contribution >= 0.6 is 0 Å². The van der Waals surface area contributed by atoms with Crippen LogP contribution in [0.3, 0.4) is 0 Å². The number of para-hydroxylation sites is 1. The summed E-state index contributed by atoms with van der Waals surface area (Å²) in [5, 5.41) is 5.07. The number of benzene rings is 2. The second-order valence-corrected chi connectivity index (χ2v) is 6.34. The van der Waals surface area contributed by atoms with E-state index in [9.17, 15) is 0 Å². The van der Waals surface area contributed by atoms with E-state index >= 15 is 0 Å². The van der Waals surface area contributed by atoms with Crippen molar-refractivity contribution in [2.24, 2.45) is 0 Å². The fraction of sp³-hybridized carbons (Fsp3) is 0.300. The van der Waals surface area contributed by atoms with Gasteiger partial charge in [0.2, 0.25) is 0 Å². The highest BCUT2D eigenvalue weighted by molar-refractivity contribution is 5.83. The number of hydrogen-bond donors (Lipinski definition) is 2. The van der Waals surface area contributed by atoms with Gasteiger partial charge in [-0.1, -0.05) is 48.5 Å². The lowest BCUT2D eigenvalue weighted by molar-refractivity contribution is 0.293. The van der Waals surface area contributed by atoms with Gasteiger partial charge in [-0.05, 0) is 48.9 Å². The normalized spacial score (nSPS) is 20.9. The molecule has 3 aromatic rings. The maximum Gasteiger partial charge on any atom is 0.0456 e. The first-order valence-corrected chi connectivity index (χ1v) is 8.23. The van der Waals surface area contributed by atoms with Crippen molar-refractivity contribution in [1.82, 2.24) is 10.3 Å². The van der Waals surface area contributed by atoms with Crippen LogP contribution in [0.25, 0.3) is 10.9 Å². The largest absolute Gasteiger partial charge is 0.361 e. The van der Waals surface area contributed by atoms with E-state index in [4.69, 9.17) is 0 Å². The Morgan fingerprint density at radius 3 is 2.59 bits per heavy atom. The summed E-state index contributed by atoms with van der Waals surface area (Å²) >= 11 is 0. The van der Waals surface area contributed by atoms with Gasteiger partial charge in [-0.15, -0.1) is 0 Å². The summed E-state index contributed by atoms with van der Waals surface area (Å²) in [5.41, 5.74) is 4.16. The Kier molecular flexibility index (Phi) is 3.69. The van der Waals surface area contributed by atoms with Crippen LogP contribution in [-0.2, 0) is 6.42 Å². The first kappa shape index (κ1) is 13.6. The molecule has 22 heavy (non-hydrogen) atoms. The Morgan fingerprint density at radius 1 is 0.955 bits per heavy atom. The van der Waals surface area contributed by atoms with Crippen molar-refractivity contribution in [3.63, 3.8) is 0 Å². The van der Waals surface area contributed by atoms with Crippen LogP contribution < -0.4 is 5.32 Å². The zero-order chi connectivity index (χ0) is 14.8. The van der Waals surface area contributed by atoms with Crippen molar-refractivity contribution < 1.29 is 0 Å². The van der Waals surface area contributed by atoms with E-state index < -0.39 is 0 Å². The standard InChI is InChI=1S/C20H22N2/c1-2-6-15(7-3-1)17-12-18(13-17)21-11-10-16-14-22-20-9-5-4-8-19(16)20/h1-9,14,17-18,21-22H,10-13H2. The van der Waals surface area contributed by atoms with Crippen molar-refractivity contribution in [1.29, 1.82) is 0 Å². The molecule has 2 aromatic carbocycles. The summed E-state index contributed by atoms with van der Waals surface area (Å²) in [4.78, 5) is 3.36. The van der Waals surface area contributed by atoms with Crippen LogP contribution in [0.5, 0.6) is 0 Å². The number of rotatable bonds is 5.